The van der Waals surface area contributed by atoms with E-state index in [9.17, 15) is 13.2 Å². The quantitative estimate of drug-likeness (QED) is 0.835. The molecule has 1 aromatic carbocycles. The van der Waals surface area contributed by atoms with Crippen LogP contribution in [-0.2, 0) is 24.3 Å². The molecular weight excluding hydrogens is 366 g/mol. The first-order valence-electron chi connectivity index (χ1n) is 8.82. The predicted molar refractivity (Wildman–Crippen MR) is 101 cm³/mol. The van der Waals surface area contributed by atoms with E-state index in [0.717, 1.165) is 5.56 Å². The second kappa shape index (κ2) is 6.80. The van der Waals surface area contributed by atoms with Gasteiger partial charge in [0.05, 0.1) is 4.90 Å². The molecule has 1 aliphatic heterocycles. The van der Waals surface area contributed by atoms with E-state index >= 15 is 0 Å². The molecule has 1 heterocycles. The Morgan fingerprint density at radius 1 is 1.26 bits per heavy atom. The van der Waals surface area contributed by atoms with E-state index in [-0.39, 0.29) is 16.6 Å². The Morgan fingerprint density at radius 3 is 2.44 bits per heavy atom. The number of benzene rings is 1. The average Bonchev–Trinajstić information content (AvgIpc) is 2.57. The lowest BCUT2D eigenvalue weighted by molar-refractivity contribution is -0.137. The Balaban J connectivity index is 1.95. The van der Waals surface area contributed by atoms with E-state index in [0.29, 0.717) is 23.5 Å². The highest BCUT2D eigenvalue weighted by Crippen LogP contribution is 2.46. The molecule has 6 nitrogen and oxygen atoms in total. The summed E-state index contributed by atoms with van der Waals surface area (Å²) >= 11 is 0. The monoisotopic (exact) mass is 391 g/mol. The first-order valence-corrected chi connectivity index (χ1v) is 10.3. The van der Waals surface area contributed by atoms with Gasteiger partial charge in [-0.1, -0.05) is 17.7 Å². The minimum atomic E-state index is -3.72. The summed E-state index contributed by atoms with van der Waals surface area (Å²) in [5.74, 6) is 0.185. The molecule has 2 aliphatic rings. The Morgan fingerprint density at radius 2 is 1.89 bits per heavy atom. The van der Waals surface area contributed by atoms with Crippen LogP contribution in [0.15, 0.2) is 52.3 Å². The summed E-state index contributed by atoms with van der Waals surface area (Å²) in [6, 6.07) is 6.65. The van der Waals surface area contributed by atoms with Crippen molar-refractivity contribution in [2.24, 2.45) is 5.92 Å². The van der Waals surface area contributed by atoms with Gasteiger partial charge >= 0.3 is 0 Å². The number of hydrogen-bond donors (Lipinski definition) is 1. The molecule has 146 valence electrons. The number of carbonyl (C=O) groups excluding carboxylic acids is 1. The molecule has 0 aromatic heterocycles. The van der Waals surface area contributed by atoms with Crippen molar-refractivity contribution < 1.29 is 22.7 Å². The van der Waals surface area contributed by atoms with Gasteiger partial charge in [-0.25, -0.2) is 8.42 Å². The van der Waals surface area contributed by atoms with Gasteiger partial charge in [0.2, 0.25) is 0 Å². The Bertz CT molecular complexity index is 930. The maximum atomic E-state index is 12.7. The molecule has 3 rings (SSSR count). The summed E-state index contributed by atoms with van der Waals surface area (Å²) < 4.78 is 39.8. The van der Waals surface area contributed by atoms with Crippen molar-refractivity contribution in [1.82, 2.24) is 4.72 Å². The fourth-order valence-electron chi connectivity index (χ4n) is 3.85. The lowest BCUT2D eigenvalue weighted by atomic mass is 9.70. The number of ether oxygens (including phenoxy) is 2. The van der Waals surface area contributed by atoms with Crippen molar-refractivity contribution in [2.75, 3.05) is 7.11 Å². The van der Waals surface area contributed by atoms with Gasteiger partial charge in [0, 0.05) is 24.3 Å². The van der Waals surface area contributed by atoms with Gasteiger partial charge in [-0.15, -0.1) is 0 Å². The molecular formula is C20H25NO5S. The summed E-state index contributed by atoms with van der Waals surface area (Å²) in [6.45, 7) is 7.05. The third kappa shape index (κ3) is 3.41. The fourth-order valence-corrected chi connectivity index (χ4v) is 4.96. The molecule has 0 amide bonds. The second-order valence-corrected chi connectivity index (χ2v) is 9.00. The number of ketones is 1. The van der Waals surface area contributed by atoms with Crippen LogP contribution in [-0.4, -0.2) is 33.0 Å². The topological polar surface area (TPSA) is 81.7 Å². The van der Waals surface area contributed by atoms with Crippen LogP contribution in [0.5, 0.6) is 0 Å². The largest absolute Gasteiger partial charge is 0.487 e. The molecule has 27 heavy (non-hydrogen) atoms. The van der Waals surface area contributed by atoms with Gasteiger partial charge in [-0.2, -0.15) is 0 Å². The van der Waals surface area contributed by atoms with Crippen LogP contribution in [0.1, 0.15) is 32.8 Å². The summed E-state index contributed by atoms with van der Waals surface area (Å²) in [7, 11) is -2.14. The first kappa shape index (κ1) is 19.6. The minimum absolute atomic E-state index is 0.0955. The zero-order valence-electron chi connectivity index (χ0n) is 16.2. The fraction of sp³-hybridized carbons (Fsp3) is 0.450. The number of aryl methyl sites for hydroxylation is 1. The average molecular weight is 391 g/mol. The van der Waals surface area contributed by atoms with Crippen molar-refractivity contribution in [3.05, 3.63) is 52.9 Å². The zero-order chi connectivity index (χ0) is 20.0. The third-order valence-electron chi connectivity index (χ3n) is 5.48. The molecule has 0 unspecified atom stereocenters. The number of allylic oxidation sites excluding steroid dienone is 2. The predicted octanol–water partition coefficient (Wildman–Crippen LogP) is 2.84. The van der Waals surface area contributed by atoms with Crippen molar-refractivity contribution >= 4 is 15.8 Å². The smallest absolute Gasteiger partial charge is 0.261 e. The maximum Gasteiger partial charge on any atom is 0.261 e. The van der Waals surface area contributed by atoms with Gasteiger partial charge in [0.1, 0.15) is 17.5 Å². The van der Waals surface area contributed by atoms with Gasteiger partial charge in [-0.3, -0.25) is 9.52 Å². The molecule has 0 spiro atoms. The standard InChI is InChI=1S/C20H25NO5S/c1-12-6-8-16(9-7-12)27(23,24)21-15-10-17-19(13(2)22)14(3)26-18(11-15)20(17,4)25-5/h6-9,11,17-18,21H,10H2,1-5H3/t17-,18-,20+/m0/s1. The molecule has 0 saturated carbocycles. The molecule has 0 radical (unpaired) electrons. The van der Waals surface area contributed by atoms with Gasteiger partial charge in [0.15, 0.2) is 5.78 Å². The maximum absolute atomic E-state index is 12.7. The van der Waals surface area contributed by atoms with E-state index < -0.39 is 21.7 Å². The van der Waals surface area contributed by atoms with Gasteiger partial charge in [-0.05, 0) is 52.3 Å². The molecule has 1 aliphatic carbocycles. The highest BCUT2D eigenvalue weighted by molar-refractivity contribution is 7.89. The first-order chi connectivity index (χ1) is 12.6. The van der Waals surface area contributed by atoms with Crippen LogP contribution in [0.4, 0.5) is 0 Å². The van der Waals surface area contributed by atoms with Crippen molar-refractivity contribution in [3.8, 4) is 0 Å². The Kier molecular flexibility index (Phi) is 4.94. The lowest BCUT2D eigenvalue weighted by Gasteiger charge is -2.49. The highest BCUT2D eigenvalue weighted by atomic mass is 32.2. The van der Waals surface area contributed by atoms with Gasteiger partial charge < -0.3 is 9.47 Å². The van der Waals surface area contributed by atoms with E-state index in [1.54, 1.807) is 44.4 Å². The van der Waals surface area contributed by atoms with Crippen molar-refractivity contribution in [3.63, 3.8) is 0 Å². The lowest BCUT2D eigenvalue weighted by Crippen LogP contribution is -2.55. The molecule has 7 heteroatoms. The molecule has 1 aromatic rings. The van der Waals surface area contributed by atoms with Gasteiger partial charge in [0.25, 0.3) is 10.0 Å². The van der Waals surface area contributed by atoms with E-state index in [2.05, 4.69) is 4.72 Å². The second-order valence-electron chi connectivity index (χ2n) is 7.32. The van der Waals surface area contributed by atoms with Crippen LogP contribution in [0, 0.1) is 12.8 Å². The van der Waals surface area contributed by atoms with Crippen LogP contribution in [0.2, 0.25) is 0 Å². The van der Waals surface area contributed by atoms with E-state index in [4.69, 9.17) is 9.47 Å². The Labute approximate surface area is 160 Å². The highest BCUT2D eigenvalue weighted by Gasteiger charge is 2.52. The number of Topliss-reactive ketones (excluding diaryl/α,β-unsaturated/α-hetero) is 1. The molecule has 3 atom stereocenters. The summed E-state index contributed by atoms with van der Waals surface area (Å²) in [5.41, 5.74) is 1.30. The number of sulfonamides is 1. The minimum Gasteiger partial charge on any atom is -0.487 e. The van der Waals surface area contributed by atoms with Crippen LogP contribution < -0.4 is 4.72 Å². The number of fused-ring (bicyclic) bond motifs is 2. The number of hydrogen-bond acceptors (Lipinski definition) is 5. The summed E-state index contributed by atoms with van der Waals surface area (Å²) in [5, 5.41) is 0. The summed E-state index contributed by atoms with van der Waals surface area (Å²) in [6.07, 6.45) is 1.60. The third-order valence-corrected chi connectivity index (χ3v) is 6.90. The molecule has 0 saturated heterocycles. The molecule has 0 fully saturated rings. The van der Waals surface area contributed by atoms with E-state index in [1.807, 2.05) is 13.8 Å². The van der Waals surface area contributed by atoms with Crippen molar-refractivity contribution in [2.45, 2.75) is 50.7 Å². The number of nitrogens with one attached hydrogen (secondary N) is 1. The molecule has 2 bridgehead atoms. The van der Waals surface area contributed by atoms with E-state index in [1.165, 1.54) is 6.92 Å². The normalized spacial score (nSPS) is 27.7. The Hall–Kier alpha value is -2.12. The van der Waals surface area contributed by atoms with Crippen LogP contribution >= 0.6 is 0 Å². The zero-order valence-corrected chi connectivity index (χ0v) is 17.0. The van der Waals surface area contributed by atoms with Crippen LogP contribution in [0.25, 0.3) is 0 Å². The number of carbonyl (C=O) groups is 1. The number of methoxy groups -OCH3 is 1. The number of rotatable bonds is 5. The molecule has 1 N–H and O–H groups in total. The SMILES string of the molecule is CO[C@@]1(C)[C@@H]2C=C(NS(=O)(=O)c3ccc(C)cc3)C[C@H]1C(C(C)=O)=C(C)O2. The van der Waals surface area contributed by atoms with Crippen molar-refractivity contribution in [1.29, 1.82) is 0 Å². The summed E-state index contributed by atoms with van der Waals surface area (Å²) in [4.78, 5) is 12.4. The van der Waals surface area contributed by atoms with Crippen LogP contribution in [0.3, 0.4) is 0 Å².